The lowest BCUT2D eigenvalue weighted by Gasteiger charge is -2.01. The highest BCUT2D eigenvalue weighted by Crippen LogP contribution is 2.37. The lowest BCUT2D eigenvalue weighted by molar-refractivity contribution is 0.335. The third kappa shape index (κ3) is 2.03. The van der Waals surface area contributed by atoms with Crippen LogP contribution in [-0.2, 0) is 0 Å². The van der Waals surface area contributed by atoms with Crippen molar-refractivity contribution in [3.63, 3.8) is 0 Å². The SMILES string of the molecule is Nc1ccc(-c2nc(C3COc4ccccc43)no2)cc1. The molecule has 1 unspecified atom stereocenters. The quantitative estimate of drug-likeness (QED) is 0.730. The van der Waals surface area contributed by atoms with Gasteiger partial charge in [0.1, 0.15) is 12.4 Å². The van der Waals surface area contributed by atoms with Crippen LogP contribution in [0.5, 0.6) is 5.75 Å². The summed E-state index contributed by atoms with van der Waals surface area (Å²) in [6.07, 6.45) is 0. The zero-order valence-corrected chi connectivity index (χ0v) is 11.2. The second-order valence-corrected chi connectivity index (χ2v) is 4.98. The average molecular weight is 279 g/mol. The molecule has 0 spiro atoms. The molecule has 5 nitrogen and oxygen atoms in total. The fourth-order valence-electron chi connectivity index (χ4n) is 2.50. The Morgan fingerprint density at radius 1 is 1.05 bits per heavy atom. The lowest BCUT2D eigenvalue weighted by Crippen LogP contribution is -2.04. The summed E-state index contributed by atoms with van der Waals surface area (Å²) in [4.78, 5) is 4.49. The molecular formula is C16H13N3O2. The number of anilines is 1. The zero-order valence-electron chi connectivity index (χ0n) is 11.2. The molecule has 0 radical (unpaired) electrons. The predicted octanol–water partition coefficient (Wildman–Crippen LogP) is 2.84. The summed E-state index contributed by atoms with van der Waals surface area (Å²) in [5.74, 6) is 2.05. The smallest absolute Gasteiger partial charge is 0.257 e. The van der Waals surface area contributed by atoms with Gasteiger partial charge in [-0.2, -0.15) is 4.98 Å². The van der Waals surface area contributed by atoms with E-state index in [1.54, 1.807) is 0 Å². The maximum Gasteiger partial charge on any atom is 0.257 e. The van der Waals surface area contributed by atoms with Gasteiger partial charge in [-0.1, -0.05) is 23.4 Å². The second-order valence-electron chi connectivity index (χ2n) is 4.98. The molecule has 1 aliphatic rings. The first-order valence-corrected chi connectivity index (χ1v) is 6.72. The fourth-order valence-corrected chi connectivity index (χ4v) is 2.50. The molecule has 3 aromatic rings. The van der Waals surface area contributed by atoms with Gasteiger partial charge in [0, 0.05) is 16.8 Å². The van der Waals surface area contributed by atoms with E-state index in [0.717, 1.165) is 16.9 Å². The first-order chi connectivity index (χ1) is 10.3. The summed E-state index contributed by atoms with van der Waals surface area (Å²) in [5.41, 5.74) is 8.34. The van der Waals surface area contributed by atoms with Crippen LogP contribution in [0.3, 0.4) is 0 Å². The number of nitrogens with zero attached hydrogens (tertiary/aromatic N) is 2. The molecule has 2 aromatic carbocycles. The highest BCUT2D eigenvalue weighted by atomic mass is 16.5. The van der Waals surface area contributed by atoms with E-state index in [4.69, 9.17) is 15.0 Å². The van der Waals surface area contributed by atoms with Gasteiger partial charge in [-0.25, -0.2) is 0 Å². The minimum atomic E-state index is 0.0208. The van der Waals surface area contributed by atoms with Gasteiger partial charge in [0.05, 0.1) is 5.92 Å². The molecule has 21 heavy (non-hydrogen) atoms. The van der Waals surface area contributed by atoms with Crippen LogP contribution in [0.15, 0.2) is 53.1 Å². The molecule has 5 heteroatoms. The van der Waals surface area contributed by atoms with E-state index in [-0.39, 0.29) is 5.92 Å². The van der Waals surface area contributed by atoms with Crippen LogP contribution in [0.25, 0.3) is 11.5 Å². The Morgan fingerprint density at radius 2 is 1.86 bits per heavy atom. The van der Waals surface area contributed by atoms with Gasteiger partial charge >= 0.3 is 0 Å². The van der Waals surface area contributed by atoms with E-state index in [9.17, 15) is 0 Å². The van der Waals surface area contributed by atoms with Crippen LogP contribution in [0.4, 0.5) is 5.69 Å². The Morgan fingerprint density at radius 3 is 2.71 bits per heavy atom. The molecule has 1 atom stereocenters. The molecule has 0 saturated carbocycles. The summed E-state index contributed by atoms with van der Waals surface area (Å²) in [7, 11) is 0. The van der Waals surface area contributed by atoms with E-state index in [2.05, 4.69) is 10.1 Å². The molecule has 0 bridgehead atoms. The van der Waals surface area contributed by atoms with Crippen LogP contribution < -0.4 is 10.5 Å². The predicted molar refractivity (Wildman–Crippen MR) is 77.9 cm³/mol. The highest BCUT2D eigenvalue weighted by Gasteiger charge is 2.29. The molecular weight excluding hydrogens is 266 g/mol. The van der Waals surface area contributed by atoms with Gasteiger partial charge in [-0.05, 0) is 30.3 Å². The molecule has 2 heterocycles. The van der Waals surface area contributed by atoms with E-state index in [0.29, 0.717) is 24.0 Å². The summed E-state index contributed by atoms with van der Waals surface area (Å²) < 4.78 is 11.0. The van der Waals surface area contributed by atoms with E-state index in [1.807, 2.05) is 48.5 Å². The maximum atomic E-state index is 5.68. The summed E-state index contributed by atoms with van der Waals surface area (Å²) in [5, 5.41) is 4.10. The second kappa shape index (κ2) is 4.63. The van der Waals surface area contributed by atoms with Crippen LogP contribution in [-0.4, -0.2) is 16.7 Å². The van der Waals surface area contributed by atoms with E-state index in [1.165, 1.54) is 0 Å². The van der Waals surface area contributed by atoms with Gasteiger partial charge < -0.3 is 15.0 Å². The Hall–Kier alpha value is -2.82. The van der Waals surface area contributed by atoms with Crippen LogP contribution in [0, 0.1) is 0 Å². The number of para-hydroxylation sites is 1. The van der Waals surface area contributed by atoms with Crippen molar-refractivity contribution in [3.8, 4) is 17.2 Å². The number of hydrogen-bond acceptors (Lipinski definition) is 5. The lowest BCUT2D eigenvalue weighted by atomic mass is 10.0. The minimum Gasteiger partial charge on any atom is -0.492 e. The van der Waals surface area contributed by atoms with Crippen molar-refractivity contribution < 1.29 is 9.26 Å². The summed E-state index contributed by atoms with van der Waals surface area (Å²) in [6, 6.07) is 15.3. The number of rotatable bonds is 2. The normalized spacial score (nSPS) is 16.5. The monoisotopic (exact) mass is 279 g/mol. The van der Waals surface area contributed by atoms with Crippen LogP contribution in [0.1, 0.15) is 17.3 Å². The van der Waals surface area contributed by atoms with Crippen molar-refractivity contribution in [2.45, 2.75) is 5.92 Å². The van der Waals surface area contributed by atoms with Gasteiger partial charge in [0.15, 0.2) is 5.82 Å². The minimum absolute atomic E-state index is 0.0208. The molecule has 1 aliphatic heterocycles. The number of ether oxygens (including phenoxy) is 1. The first kappa shape index (κ1) is 12.0. The summed E-state index contributed by atoms with van der Waals surface area (Å²) in [6.45, 7) is 0.542. The van der Waals surface area contributed by atoms with E-state index < -0.39 is 0 Å². The van der Waals surface area contributed by atoms with Crippen molar-refractivity contribution in [2.24, 2.45) is 0 Å². The number of hydrogen-bond donors (Lipinski definition) is 1. The Balaban J connectivity index is 1.68. The maximum absolute atomic E-state index is 5.68. The van der Waals surface area contributed by atoms with Gasteiger partial charge in [0.2, 0.25) is 0 Å². The topological polar surface area (TPSA) is 74.2 Å². The molecule has 104 valence electrons. The molecule has 0 saturated heterocycles. The van der Waals surface area contributed by atoms with Gasteiger partial charge in [-0.3, -0.25) is 0 Å². The van der Waals surface area contributed by atoms with Crippen LogP contribution in [0.2, 0.25) is 0 Å². The number of nitrogen functional groups attached to an aromatic ring is 1. The molecule has 1 aromatic heterocycles. The largest absolute Gasteiger partial charge is 0.492 e. The van der Waals surface area contributed by atoms with Crippen LogP contribution >= 0.6 is 0 Å². The molecule has 0 aliphatic carbocycles. The molecule has 0 amide bonds. The average Bonchev–Trinajstić information content (AvgIpc) is 3.14. The third-order valence-corrected chi connectivity index (χ3v) is 3.61. The van der Waals surface area contributed by atoms with E-state index >= 15 is 0 Å². The van der Waals surface area contributed by atoms with Crippen molar-refractivity contribution >= 4 is 5.69 Å². The van der Waals surface area contributed by atoms with Crippen molar-refractivity contribution in [1.29, 1.82) is 0 Å². The first-order valence-electron chi connectivity index (χ1n) is 6.72. The fraction of sp³-hybridized carbons (Fsp3) is 0.125. The highest BCUT2D eigenvalue weighted by molar-refractivity contribution is 5.57. The number of fused-ring (bicyclic) bond motifs is 1. The van der Waals surface area contributed by atoms with Gasteiger partial charge in [0.25, 0.3) is 5.89 Å². The van der Waals surface area contributed by atoms with Gasteiger partial charge in [-0.15, -0.1) is 0 Å². The van der Waals surface area contributed by atoms with Crippen molar-refractivity contribution in [2.75, 3.05) is 12.3 Å². The zero-order chi connectivity index (χ0) is 14.2. The van der Waals surface area contributed by atoms with Crippen molar-refractivity contribution in [3.05, 3.63) is 59.9 Å². The standard InChI is InChI=1S/C16H13N3O2/c17-11-7-5-10(6-8-11)16-18-15(19-21-16)13-9-20-14-4-2-1-3-12(13)14/h1-8,13H,9,17H2. The Kier molecular flexibility index (Phi) is 2.64. The number of nitrogens with two attached hydrogens (primary N) is 1. The van der Waals surface area contributed by atoms with Crippen molar-refractivity contribution in [1.82, 2.24) is 10.1 Å². The Labute approximate surface area is 121 Å². The third-order valence-electron chi connectivity index (χ3n) is 3.61. The molecule has 0 fully saturated rings. The molecule has 2 N–H and O–H groups in total. The Bertz CT molecular complexity index is 780. The number of benzene rings is 2. The molecule has 4 rings (SSSR count). The summed E-state index contributed by atoms with van der Waals surface area (Å²) >= 11 is 0. The number of aromatic nitrogens is 2.